The lowest BCUT2D eigenvalue weighted by atomic mass is 10.2. The van der Waals surface area contributed by atoms with Gasteiger partial charge in [-0.15, -0.1) is 11.3 Å². The molecule has 1 atom stereocenters. The quantitative estimate of drug-likeness (QED) is 0.293. The van der Waals surface area contributed by atoms with Gasteiger partial charge in [-0.25, -0.2) is 14.0 Å². The number of hydrogen-bond acceptors (Lipinski definition) is 5. The Bertz CT molecular complexity index is 1230. The summed E-state index contributed by atoms with van der Waals surface area (Å²) >= 11 is 1.57. The van der Waals surface area contributed by atoms with Crippen molar-refractivity contribution in [2.75, 3.05) is 18.5 Å². The fourth-order valence-electron chi connectivity index (χ4n) is 3.78. The number of esters is 1. The van der Waals surface area contributed by atoms with Gasteiger partial charge in [-0.2, -0.15) is 0 Å². The lowest BCUT2D eigenvalue weighted by Gasteiger charge is -2.31. The highest BCUT2D eigenvalue weighted by Crippen LogP contribution is 2.21. The largest absolute Gasteiger partial charge is 0.462 e. The molecule has 7 nitrogen and oxygen atoms in total. The monoisotopic (exact) mass is 539 g/mol. The fourth-order valence-corrected chi connectivity index (χ4v) is 4.70. The maximum absolute atomic E-state index is 13.6. The number of amides is 3. The Morgan fingerprint density at radius 3 is 2.26 bits per heavy atom. The summed E-state index contributed by atoms with van der Waals surface area (Å²) in [6, 6.07) is 13.9. The number of rotatable bonds is 11. The summed E-state index contributed by atoms with van der Waals surface area (Å²) in [4.78, 5) is 43.0. The van der Waals surface area contributed by atoms with Crippen LogP contribution in [0.2, 0.25) is 0 Å². The van der Waals surface area contributed by atoms with Gasteiger partial charge in [0, 0.05) is 23.2 Å². The number of nitrogens with zero attached hydrogens (tertiary/aromatic N) is 2. The van der Waals surface area contributed by atoms with Crippen LogP contribution < -0.4 is 5.32 Å². The molecule has 1 aromatic heterocycles. The van der Waals surface area contributed by atoms with Crippen LogP contribution in [-0.2, 0) is 22.6 Å². The molecule has 0 radical (unpaired) electrons. The number of ether oxygens (including phenoxy) is 1. The molecule has 1 unspecified atom stereocenters. The van der Waals surface area contributed by atoms with E-state index in [0.29, 0.717) is 30.8 Å². The molecule has 0 saturated heterocycles. The summed E-state index contributed by atoms with van der Waals surface area (Å²) in [5.74, 6) is -0.981. The average molecular weight is 540 g/mol. The van der Waals surface area contributed by atoms with Crippen LogP contribution in [0.3, 0.4) is 0 Å². The van der Waals surface area contributed by atoms with Gasteiger partial charge in [-0.05, 0) is 86.2 Å². The minimum atomic E-state index is -0.431. The molecule has 0 aliphatic heterocycles. The number of anilines is 1. The van der Waals surface area contributed by atoms with Crippen molar-refractivity contribution in [1.29, 1.82) is 0 Å². The molecule has 2 aromatic carbocycles. The highest BCUT2D eigenvalue weighted by molar-refractivity contribution is 7.10. The molecule has 3 amide bonds. The number of carbonyl (C=O) groups excluding carboxylic acids is 3. The van der Waals surface area contributed by atoms with Crippen molar-refractivity contribution < 1.29 is 23.5 Å². The SMILES string of the molecule is CCOC(=O)c1ccc(NC(=O)N(CC(=O)N(Cc2ccc(F)cc2)Cc2sccc2C)C(C)CC)cc1. The molecule has 1 N–H and O–H groups in total. The number of carbonyl (C=O) groups is 3. The van der Waals surface area contributed by atoms with Crippen LogP contribution in [0, 0.1) is 12.7 Å². The maximum Gasteiger partial charge on any atom is 0.338 e. The Kier molecular flexibility index (Phi) is 10.4. The van der Waals surface area contributed by atoms with Gasteiger partial charge >= 0.3 is 12.0 Å². The molecule has 0 aliphatic carbocycles. The molecule has 0 fully saturated rings. The van der Waals surface area contributed by atoms with Crippen molar-refractivity contribution >= 4 is 34.9 Å². The second-order valence-corrected chi connectivity index (χ2v) is 10.0. The van der Waals surface area contributed by atoms with Crippen molar-refractivity contribution in [3.8, 4) is 0 Å². The Morgan fingerprint density at radius 2 is 1.68 bits per heavy atom. The zero-order valence-electron chi connectivity index (χ0n) is 22.2. The first kappa shape index (κ1) is 28.8. The van der Waals surface area contributed by atoms with Gasteiger partial charge in [0.1, 0.15) is 12.4 Å². The van der Waals surface area contributed by atoms with E-state index in [4.69, 9.17) is 4.74 Å². The van der Waals surface area contributed by atoms with E-state index in [1.165, 1.54) is 17.0 Å². The van der Waals surface area contributed by atoms with Crippen LogP contribution in [-0.4, -0.2) is 46.9 Å². The van der Waals surface area contributed by atoms with E-state index >= 15 is 0 Å². The highest BCUT2D eigenvalue weighted by atomic mass is 32.1. The molecule has 3 rings (SSSR count). The number of urea groups is 1. The Hall–Kier alpha value is -3.72. The zero-order valence-corrected chi connectivity index (χ0v) is 23.0. The molecule has 3 aromatic rings. The second-order valence-electron chi connectivity index (χ2n) is 9.02. The molecule has 0 bridgehead atoms. The first-order chi connectivity index (χ1) is 18.2. The molecule has 1 heterocycles. The minimum Gasteiger partial charge on any atom is -0.462 e. The Balaban J connectivity index is 1.76. The van der Waals surface area contributed by atoms with Crippen molar-refractivity contribution in [3.05, 3.63) is 87.4 Å². The number of thiophene rings is 1. The predicted octanol–water partition coefficient (Wildman–Crippen LogP) is 6.23. The summed E-state index contributed by atoms with van der Waals surface area (Å²) < 4.78 is 18.4. The van der Waals surface area contributed by atoms with E-state index in [1.54, 1.807) is 59.6 Å². The minimum absolute atomic E-state index is 0.118. The van der Waals surface area contributed by atoms with Crippen LogP contribution in [0.15, 0.2) is 60.0 Å². The average Bonchev–Trinajstić information content (AvgIpc) is 3.32. The van der Waals surface area contributed by atoms with E-state index in [0.717, 1.165) is 16.0 Å². The highest BCUT2D eigenvalue weighted by Gasteiger charge is 2.26. The molecular weight excluding hydrogens is 505 g/mol. The van der Waals surface area contributed by atoms with Crippen molar-refractivity contribution in [2.45, 2.75) is 53.2 Å². The number of halogens is 1. The van der Waals surface area contributed by atoms with Gasteiger partial charge in [0.15, 0.2) is 0 Å². The Morgan fingerprint density at radius 1 is 1.00 bits per heavy atom. The molecule has 0 spiro atoms. The third kappa shape index (κ3) is 7.89. The number of benzene rings is 2. The maximum atomic E-state index is 13.6. The van der Waals surface area contributed by atoms with Crippen LogP contribution in [0.25, 0.3) is 0 Å². The van der Waals surface area contributed by atoms with Crippen molar-refractivity contribution in [3.63, 3.8) is 0 Å². The third-order valence-electron chi connectivity index (χ3n) is 6.28. The Labute approximate surface area is 227 Å². The normalized spacial score (nSPS) is 11.5. The van der Waals surface area contributed by atoms with Gasteiger partial charge in [0.05, 0.1) is 18.7 Å². The fraction of sp³-hybridized carbons (Fsp3) is 0.345. The predicted molar refractivity (Wildman–Crippen MR) is 148 cm³/mol. The van der Waals surface area contributed by atoms with Crippen LogP contribution in [0.4, 0.5) is 14.9 Å². The van der Waals surface area contributed by atoms with E-state index in [1.807, 2.05) is 32.2 Å². The number of aryl methyl sites for hydroxylation is 1. The molecular formula is C29H34FN3O4S. The summed E-state index contributed by atoms with van der Waals surface area (Å²) in [6.45, 7) is 8.43. The van der Waals surface area contributed by atoms with E-state index < -0.39 is 12.0 Å². The lowest BCUT2D eigenvalue weighted by Crippen LogP contribution is -2.47. The van der Waals surface area contributed by atoms with Gasteiger partial charge in [0.2, 0.25) is 5.91 Å². The summed E-state index contributed by atoms with van der Waals surface area (Å²) in [5, 5.41) is 4.82. The number of nitrogens with one attached hydrogen (secondary N) is 1. The van der Waals surface area contributed by atoms with E-state index in [9.17, 15) is 18.8 Å². The van der Waals surface area contributed by atoms with Crippen molar-refractivity contribution in [2.24, 2.45) is 0 Å². The lowest BCUT2D eigenvalue weighted by molar-refractivity contribution is -0.133. The molecule has 0 saturated carbocycles. The first-order valence-corrected chi connectivity index (χ1v) is 13.5. The third-order valence-corrected chi connectivity index (χ3v) is 7.29. The molecule has 0 aliphatic rings. The van der Waals surface area contributed by atoms with Gasteiger partial charge in [-0.1, -0.05) is 19.1 Å². The first-order valence-electron chi connectivity index (χ1n) is 12.6. The molecule has 38 heavy (non-hydrogen) atoms. The standard InChI is InChI=1S/C29H34FN3O4S/c1-5-21(4)33(29(36)31-25-13-9-23(10-14-25)28(35)37-6-2)19-27(34)32(18-26-20(3)15-16-38-26)17-22-7-11-24(30)12-8-22/h7-16,21H,5-6,17-19H2,1-4H3,(H,31,36). The van der Waals surface area contributed by atoms with Crippen LogP contribution in [0.5, 0.6) is 0 Å². The van der Waals surface area contributed by atoms with Gasteiger partial charge in [0.25, 0.3) is 0 Å². The zero-order chi connectivity index (χ0) is 27.7. The smallest absolute Gasteiger partial charge is 0.338 e. The molecule has 9 heteroatoms. The summed E-state index contributed by atoms with van der Waals surface area (Å²) in [7, 11) is 0. The summed E-state index contributed by atoms with van der Waals surface area (Å²) in [5.41, 5.74) is 2.78. The topological polar surface area (TPSA) is 79.0 Å². The summed E-state index contributed by atoms with van der Waals surface area (Å²) in [6.07, 6.45) is 0.657. The second kappa shape index (κ2) is 13.7. The van der Waals surface area contributed by atoms with Crippen molar-refractivity contribution in [1.82, 2.24) is 9.80 Å². The van der Waals surface area contributed by atoms with Gasteiger partial charge in [-0.3, -0.25) is 4.79 Å². The van der Waals surface area contributed by atoms with E-state index in [-0.39, 0.29) is 30.9 Å². The van der Waals surface area contributed by atoms with E-state index in [2.05, 4.69) is 5.32 Å². The van der Waals surface area contributed by atoms with Crippen LogP contribution in [0.1, 0.15) is 53.6 Å². The van der Waals surface area contributed by atoms with Gasteiger partial charge < -0.3 is 19.9 Å². The molecule has 202 valence electrons. The van der Waals surface area contributed by atoms with Crippen LogP contribution >= 0.6 is 11.3 Å². The number of hydrogen-bond donors (Lipinski definition) is 1.